The molecule has 0 aromatic carbocycles. The monoisotopic (exact) mass is 290 g/mol. The lowest BCUT2D eigenvalue weighted by Gasteiger charge is -2.37. The third-order valence-corrected chi connectivity index (χ3v) is 4.97. The zero-order valence-electron chi connectivity index (χ0n) is 13.5. The molecule has 0 spiro atoms. The summed E-state index contributed by atoms with van der Waals surface area (Å²) in [5.41, 5.74) is 7.56. The van der Waals surface area contributed by atoms with Crippen molar-refractivity contribution in [3.63, 3.8) is 0 Å². The van der Waals surface area contributed by atoms with Crippen LogP contribution in [0.25, 0.3) is 0 Å². The molecule has 1 aromatic heterocycles. The van der Waals surface area contributed by atoms with Crippen molar-refractivity contribution in [1.82, 2.24) is 14.5 Å². The molecule has 0 bridgehead atoms. The highest BCUT2D eigenvalue weighted by Crippen LogP contribution is 2.39. The average Bonchev–Trinajstić information content (AvgIpc) is 2.98. The molecule has 118 valence electrons. The normalized spacial score (nSPS) is 21.6. The van der Waals surface area contributed by atoms with Crippen LogP contribution in [0.3, 0.4) is 0 Å². The average molecular weight is 290 g/mol. The van der Waals surface area contributed by atoms with Gasteiger partial charge in [-0.1, -0.05) is 26.7 Å². The Morgan fingerprint density at radius 2 is 2.00 bits per heavy atom. The lowest BCUT2D eigenvalue weighted by Crippen LogP contribution is -2.43. The predicted molar refractivity (Wildman–Crippen MR) is 86.1 cm³/mol. The minimum atomic E-state index is 0.332. The van der Waals surface area contributed by atoms with Crippen LogP contribution in [0.5, 0.6) is 0 Å². The maximum Gasteiger partial charge on any atom is 0.0951 e. The van der Waals surface area contributed by atoms with Gasteiger partial charge in [0.25, 0.3) is 0 Å². The van der Waals surface area contributed by atoms with Crippen LogP contribution < -0.4 is 5.73 Å². The maximum absolute atomic E-state index is 6.21. The van der Waals surface area contributed by atoms with Crippen LogP contribution in [-0.2, 0) is 0 Å². The molecule has 1 heterocycles. The highest BCUT2D eigenvalue weighted by molar-refractivity contribution is 5.11. The van der Waals surface area contributed by atoms with E-state index in [0.29, 0.717) is 30.6 Å². The van der Waals surface area contributed by atoms with E-state index >= 15 is 0 Å². The van der Waals surface area contributed by atoms with E-state index in [9.17, 15) is 0 Å². The molecule has 4 nitrogen and oxygen atoms in total. The summed E-state index contributed by atoms with van der Waals surface area (Å²) < 4.78 is 2.39. The molecular weight excluding hydrogens is 260 g/mol. The van der Waals surface area contributed by atoms with Crippen molar-refractivity contribution in [2.75, 3.05) is 13.1 Å². The summed E-state index contributed by atoms with van der Waals surface area (Å²) in [5.74, 6) is 0.678. The Balaban J connectivity index is 1.84. The summed E-state index contributed by atoms with van der Waals surface area (Å²) in [6.45, 7) is 6.46. The van der Waals surface area contributed by atoms with Gasteiger partial charge in [0.05, 0.1) is 18.1 Å². The first-order valence-corrected chi connectivity index (χ1v) is 8.68. The number of nitrogens with zero attached hydrogens (tertiary/aromatic N) is 3. The van der Waals surface area contributed by atoms with Gasteiger partial charge in [-0.15, -0.1) is 0 Å². The van der Waals surface area contributed by atoms with E-state index in [-0.39, 0.29) is 0 Å². The molecule has 2 saturated carbocycles. The summed E-state index contributed by atoms with van der Waals surface area (Å²) in [6, 6.07) is 1.73. The van der Waals surface area contributed by atoms with Crippen molar-refractivity contribution in [3.05, 3.63) is 18.2 Å². The van der Waals surface area contributed by atoms with Crippen molar-refractivity contribution in [1.29, 1.82) is 0 Å². The third-order valence-electron chi connectivity index (χ3n) is 4.97. The predicted octanol–water partition coefficient (Wildman–Crippen LogP) is 3.12. The van der Waals surface area contributed by atoms with Gasteiger partial charge in [-0.05, 0) is 31.6 Å². The van der Waals surface area contributed by atoms with Gasteiger partial charge in [0, 0.05) is 31.4 Å². The van der Waals surface area contributed by atoms with E-state index in [1.807, 2.05) is 6.33 Å². The number of imidazole rings is 1. The van der Waals surface area contributed by atoms with Crippen molar-refractivity contribution in [3.8, 4) is 0 Å². The van der Waals surface area contributed by atoms with Gasteiger partial charge < -0.3 is 10.3 Å². The maximum atomic E-state index is 6.21. The first-order valence-electron chi connectivity index (χ1n) is 8.68. The van der Waals surface area contributed by atoms with Crippen molar-refractivity contribution < 1.29 is 0 Å². The second kappa shape index (κ2) is 6.49. The first kappa shape index (κ1) is 15.0. The van der Waals surface area contributed by atoms with Crippen LogP contribution in [0.1, 0.15) is 70.2 Å². The fraction of sp³-hybridized carbons (Fsp3) is 0.824. The molecule has 1 unspecified atom stereocenters. The van der Waals surface area contributed by atoms with Crippen molar-refractivity contribution >= 4 is 0 Å². The summed E-state index contributed by atoms with van der Waals surface area (Å²) in [4.78, 5) is 7.11. The number of nitrogens with two attached hydrogens (primary N) is 1. The van der Waals surface area contributed by atoms with Crippen LogP contribution in [0.15, 0.2) is 12.5 Å². The second-order valence-electron chi connectivity index (χ2n) is 7.24. The molecule has 2 N–H and O–H groups in total. The minimum absolute atomic E-state index is 0.332. The van der Waals surface area contributed by atoms with Gasteiger partial charge in [-0.3, -0.25) is 4.90 Å². The topological polar surface area (TPSA) is 47.1 Å². The molecular formula is C17H30N4. The quantitative estimate of drug-likeness (QED) is 0.839. The second-order valence-corrected chi connectivity index (χ2v) is 7.24. The van der Waals surface area contributed by atoms with Gasteiger partial charge in [-0.25, -0.2) is 4.98 Å². The summed E-state index contributed by atoms with van der Waals surface area (Å²) >= 11 is 0. The standard InChI is InChI=1S/C17H30N4/c1-13(2)11-20(14-5-3-4-6-14)16(9-18)17-10-19-12-21(17)15-7-8-15/h10,12-16H,3-9,11,18H2,1-2H3. The Kier molecular flexibility index (Phi) is 4.65. The smallest absolute Gasteiger partial charge is 0.0951 e. The Morgan fingerprint density at radius 3 is 2.57 bits per heavy atom. The van der Waals surface area contributed by atoms with E-state index in [4.69, 9.17) is 5.73 Å². The molecule has 1 atom stereocenters. The van der Waals surface area contributed by atoms with E-state index in [1.54, 1.807) is 0 Å². The number of hydrogen-bond donors (Lipinski definition) is 1. The number of aromatic nitrogens is 2. The molecule has 1 aromatic rings. The first-order chi connectivity index (χ1) is 10.2. The molecule has 0 aliphatic heterocycles. The van der Waals surface area contributed by atoms with Crippen molar-refractivity contribution in [2.45, 2.75) is 70.5 Å². The molecule has 0 amide bonds. The number of rotatable bonds is 7. The van der Waals surface area contributed by atoms with Crippen molar-refractivity contribution in [2.24, 2.45) is 11.7 Å². The SMILES string of the molecule is CC(C)CN(C1CCCC1)C(CN)c1cncn1C1CC1. The van der Waals surface area contributed by atoms with Gasteiger partial charge >= 0.3 is 0 Å². The lowest BCUT2D eigenvalue weighted by atomic mass is 10.0. The summed E-state index contributed by atoms with van der Waals surface area (Å²) in [7, 11) is 0. The van der Waals surface area contributed by atoms with E-state index in [0.717, 1.165) is 6.54 Å². The van der Waals surface area contributed by atoms with E-state index in [1.165, 1.54) is 44.2 Å². The molecule has 2 aliphatic carbocycles. The van der Waals surface area contributed by atoms with E-state index < -0.39 is 0 Å². The zero-order chi connectivity index (χ0) is 14.8. The molecule has 0 saturated heterocycles. The Labute approximate surface area is 128 Å². The van der Waals surface area contributed by atoms with Crippen LogP contribution in [0.2, 0.25) is 0 Å². The van der Waals surface area contributed by atoms with Crippen LogP contribution in [0.4, 0.5) is 0 Å². The highest BCUT2D eigenvalue weighted by Gasteiger charge is 2.33. The molecule has 2 aliphatic rings. The Hall–Kier alpha value is -0.870. The summed E-state index contributed by atoms with van der Waals surface area (Å²) in [6.07, 6.45) is 12.1. The Morgan fingerprint density at radius 1 is 1.29 bits per heavy atom. The third kappa shape index (κ3) is 3.32. The molecule has 4 heteroatoms. The molecule has 3 rings (SSSR count). The largest absolute Gasteiger partial charge is 0.330 e. The van der Waals surface area contributed by atoms with Crippen LogP contribution >= 0.6 is 0 Å². The van der Waals surface area contributed by atoms with Gasteiger partial charge in [0.15, 0.2) is 0 Å². The molecule has 0 radical (unpaired) electrons. The molecule has 21 heavy (non-hydrogen) atoms. The van der Waals surface area contributed by atoms with Crippen LogP contribution in [0, 0.1) is 5.92 Å². The fourth-order valence-corrected chi connectivity index (χ4v) is 3.85. The zero-order valence-corrected chi connectivity index (χ0v) is 13.5. The van der Waals surface area contributed by atoms with Gasteiger partial charge in [0.1, 0.15) is 0 Å². The fourth-order valence-electron chi connectivity index (χ4n) is 3.85. The lowest BCUT2D eigenvalue weighted by molar-refractivity contribution is 0.116. The molecule has 2 fully saturated rings. The minimum Gasteiger partial charge on any atom is -0.330 e. The van der Waals surface area contributed by atoms with Gasteiger partial charge in [-0.2, -0.15) is 0 Å². The Bertz CT molecular complexity index is 443. The van der Waals surface area contributed by atoms with Crippen LogP contribution in [-0.4, -0.2) is 33.6 Å². The van der Waals surface area contributed by atoms with Gasteiger partial charge in [0.2, 0.25) is 0 Å². The number of hydrogen-bond acceptors (Lipinski definition) is 3. The summed E-state index contributed by atoms with van der Waals surface area (Å²) in [5, 5.41) is 0. The highest BCUT2D eigenvalue weighted by atomic mass is 15.2. The van der Waals surface area contributed by atoms with E-state index in [2.05, 4.69) is 34.5 Å².